The molecule has 1 aromatic heterocycles. The molecule has 1 aliphatic rings. The van der Waals surface area contributed by atoms with Crippen molar-refractivity contribution < 1.29 is 14.3 Å². The van der Waals surface area contributed by atoms with Gasteiger partial charge in [-0.25, -0.2) is 4.98 Å². The highest BCUT2D eigenvalue weighted by Gasteiger charge is 2.35. The van der Waals surface area contributed by atoms with Crippen molar-refractivity contribution in [1.29, 1.82) is 0 Å². The Kier molecular flexibility index (Phi) is 3.76. The molecule has 2 rings (SSSR count). The van der Waals surface area contributed by atoms with E-state index in [0.717, 1.165) is 25.0 Å². The first kappa shape index (κ1) is 12.5. The quantitative estimate of drug-likeness (QED) is 0.899. The molecule has 1 heterocycles. The summed E-state index contributed by atoms with van der Waals surface area (Å²) in [6.45, 7) is 4.04. The average molecular weight is 255 g/mol. The van der Waals surface area contributed by atoms with Gasteiger partial charge in [-0.3, -0.25) is 4.79 Å². The van der Waals surface area contributed by atoms with Crippen molar-refractivity contribution in [3.8, 4) is 0 Å². The minimum atomic E-state index is -0.697. The summed E-state index contributed by atoms with van der Waals surface area (Å²) in [4.78, 5) is 15.4. The molecule has 1 aromatic rings. The van der Waals surface area contributed by atoms with E-state index in [1.807, 2.05) is 6.92 Å². The second-order valence-corrected chi connectivity index (χ2v) is 5.96. The number of carboxylic acid groups (broad SMARTS) is 1. The third-order valence-electron chi connectivity index (χ3n) is 3.22. The van der Waals surface area contributed by atoms with Gasteiger partial charge in [0.2, 0.25) is 0 Å². The van der Waals surface area contributed by atoms with Crippen LogP contribution < -0.4 is 0 Å². The summed E-state index contributed by atoms with van der Waals surface area (Å²) in [5.74, 6) is -0.389. The van der Waals surface area contributed by atoms with Gasteiger partial charge in [0.25, 0.3) is 5.22 Å². The fourth-order valence-corrected chi connectivity index (χ4v) is 3.66. The summed E-state index contributed by atoms with van der Waals surface area (Å²) in [6.07, 6.45) is 4.28. The van der Waals surface area contributed by atoms with Gasteiger partial charge in [-0.05, 0) is 32.1 Å². The summed E-state index contributed by atoms with van der Waals surface area (Å²) < 4.78 is 5.29. The van der Waals surface area contributed by atoms with E-state index >= 15 is 0 Å². The smallest absolute Gasteiger partial charge is 0.307 e. The Bertz CT molecular complexity index is 404. The van der Waals surface area contributed by atoms with Crippen LogP contribution in [0.15, 0.2) is 15.9 Å². The Morgan fingerprint density at radius 2 is 2.35 bits per heavy atom. The molecule has 17 heavy (non-hydrogen) atoms. The molecule has 0 radical (unpaired) electrons. The normalized spacial score (nSPS) is 29.2. The molecule has 0 spiro atoms. The molecule has 0 aromatic carbocycles. The third kappa shape index (κ3) is 3.03. The average Bonchev–Trinajstić information content (AvgIpc) is 2.63. The lowest BCUT2D eigenvalue weighted by Crippen LogP contribution is -2.32. The number of thioether (sulfide) groups is 1. The molecule has 0 bridgehead atoms. The Hall–Kier alpha value is -0.970. The summed E-state index contributed by atoms with van der Waals surface area (Å²) in [7, 11) is 0. The third-order valence-corrected chi connectivity index (χ3v) is 4.43. The molecule has 1 N–H and O–H groups in total. The molecule has 5 heteroatoms. The SMILES string of the molecule is Cc1coc(SC2CC(C)CCC2C(=O)O)n1. The molecular formula is C12H17NO3S. The fourth-order valence-electron chi connectivity index (χ4n) is 2.26. The first-order chi connectivity index (χ1) is 8.06. The zero-order valence-corrected chi connectivity index (χ0v) is 10.9. The zero-order chi connectivity index (χ0) is 12.4. The standard InChI is InChI=1S/C12H17NO3S/c1-7-3-4-9(11(14)15)10(5-7)17-12-13-8(2)6-16-12/h6-7,9-10H,3-5H2,1-2H3,(H,14,15). The molecule has 0 aliphatic heterocycles. The Balaban J connectivity index is 2.07. The number of rotatable bonds is 3. The van der Waals surface area contributed by atoms with E-state index in [-0.39, 0.29) is 11.2 Å². The van der Waals surface area contributed by atoms with Crippen LogP contribution in [0.25, 0.3) is 0 Å². The van der Waals surface area contributed by atoms with Crippen LogP contribution in [0.4, 0.5) is 0 Å². The highest BCUT2D eigenvalue weighted by molar-refractivity contribution is 7.99. The number of hydrogen-bond acceptors (Lipinski definition) is 4. The number of nitrogens with zero attached hydrogens (tertiary/aromatic N) is 1. The monoisotopic (exact) mass is 255 g/mol. The predicted octanol–water partition coefficient (Wildman–Crippen LogP) is 2.96. The van der Waals surface area contributed by atoms with Crippen LogP contribution in [-0.2, 0) is 4.79 Å². The van der Waals surface area contributed by atoms with Crippen molar-refractivity contribution in [3.05, 3.63) is 12.0 Å². The van der Waals surface area contributed by atoms with Crippen molar-refractivity contribution in [2.45, 2.75) is 43.6 Å². The number of aromatic nitrogens is 1. The fraction of sp³-hybridized carbons (Fsp3) is 0.667. The Morgan fingerprint density at radius 3 is 2.94 bits per heavy atom. The molecule has 3 unspecified atom stereocenters. The van der Waals surface area contributed by atoms with Crippen LogP contribution in [0, 0.1) is 18.8 Å². The minimum absolute atomic E-state index is 0.0781. The molecule has 1 aliphatic carbocycles. The van der Waals surface area contributed by atoms with Gasteiger partial charge in [0, 0.05) is 5.25 Å². The topological polar surface area (TPSA) is 63.3 Å². The minimum Gasteiger partial charge on any atom is -0.481 e. The number of carbonyl (C=O) groups is 1. The van der Waals surface area contributed by atoms with Crippen LogP contribution in [-0.4, -0.2) is 21.3 Å². The van der Waals surface area contributed by atoms with E-state index in [0.29, 0.717) is 11.1 Å². The van der Waals surface area contributed by atoms with Crippen LogP contribution in [0.2, 0.25) is 0 Å². The largest absolute Gasteiger partial charge is 0.481 e. The van der Waals surface area contributed by atoms with Crippen molar-refractivity contribution in [1.82, 2.24) is 4.98 Å². The van der Waals surface area contributed by atoms with Gasteiger partial charge in [-0.1, -0.05) is 18.7 Å². The number of aryl methyl sites for hydroxylation is 1. The van der Waals surface area contributed by atoms with Crippen LogP contribution in [0.5, 0.6) is 0 Å². The first-order valence-corrected chi connectivity index (χ1v) is 6.76. The summed E-state index contributed by atoms with van der Waals surface area (Å²) >= 11 is 1.47. The number of carboxylic acids is 1. The maximum absolute atomic E-state index is 11.2. The maximum Gasteiger partial charge on any atom is 0.307 e. The number of oxazole rings is 1. The second-order valence-electron chi connectivity index (χ2n) is 4.77. The zero-order valence-electron chi connectivity index (χ0n) is 10.0. The van der Waals surface area contributed by atoms with Crippen molar-refractivity contribution in [2.24, 2.45) is 11.8 Å². The van der Waals surface area contributed by atoms with Gasteiger partial charge >= 0.3 is 5.97 Å². The lowest BCUT2D eigenvalue weighted by Gasteiger charge is -2.30. The van der Waals surface area contributed by atoms with E-state index in [2.05, 4.69) is 11.9 Å². The van der Waals surface area contributed by atoms with Gasteiger partial charge in [0.05, 0.1) is 11.6 Å². The van der Waals surface area contributed by atoms with Gasteiger partial charge in [-0.2, -0.15) is 0 Å². The van der Waals surface area contributed by atoms with Gasteiger partial charge in [-0.15, -0.1) is 0 Å². The Labute approximate surface area is 105 Å². The molecule has 1 fully saturated rings. The number of aliphatic carboxylic acids is 1. The van der Waals surface area contributed by atoms with Crippen molar-refractivity contribution in [3.63, 3.8) is 0 Å². The highest BCUT2D eigenvalue weighted by atomic mass is 32.2. The molecule has 1 saturated carbocycles. The molecule has 3 atom stereocenters. The molecule has 94 valence electrons. The van der Waals surface area contributed by atoms with Gasteiger partial charge in [0.15, 0.2) is 0 Å². The maximum atomic E-state index is 11.2. The van der Waals surface area contributed by atoms with Crippen LogP contribution in [0.3, 0.4) is 0 Å². The van der Waals surface area contributed by atoms with Crippen LogP contribution in [0.1, 0.15) is 31.9 Å². The summed E-state index contributed by atoms with van der Waals surface area (Å²) in [5.41, 5.74) is 0.836. The lowest BCUT2D eigenvalue weighted by molar-refractivity contribution is -0.142. The van der Waals surface area contributed by atoms with Gasteiger partial charge in [0.1, 0.15) is 6.26 Å². The first-order valence-electron chi connectivity index (χ1n) is 5.88. The summed E-state index contributed by atoms with van der Waals surface area (Å²) in [5, 5.41) is 9.88. The van der Waals surface area contributed by atoms with Crippen LogP contribution >= 0.6 is 11.8 Å². The molecular weight excluding hydrogens is 238 g/mol. The van der Waals surface area contributed by atoms with E-state index < -0.39 is 5.97 Å². The van der Waals surface area contributed by atoms with Gasteiger partial charge < -0.3 is 9.52 Å². The summed E-state index contributed by atoms with van der Waals surface area (Å²) in [6, 6.07) is 0. The van der Waals surface area contributed by atoms with E-state index in [1.165, 1.54) is 11.8 Å². The van der Waals surface area contributed by atoms with E-state index in [4.69, 9.17) is 4.42 Å². The van der Waals surface area contributed by atoms with Crippen molar-refractivity contribution in [2.75, 3.05) is 0 Å². The highest BCUT2D eigenvalue weighted by Crippen LogP contribution is 2.39. The Morgan fingerprint density at radius 1 is 1.59 bits per heavy atom. The van der Waals surface area contributed by atoms with Crippen molar-refractivity contribution >= 4 is 17.7 Å². The molecule has 0 amide bonds. The molecule has 0 saturated heterocycles. The van der Waals surface area contributed by atoms with E-state index in [1.54, 1.807) is 6.26 Å². The number of hydrogen-bond donors (Lipinski definition) is 1. The molecule has 4 nitrogen and oxygen atoms in total. The lowest BCUT2D eigenvalue weighted by atomic mass is 9.82. The second kappa shape index (κ2) is 5.12. The van der Waals surface area contributed by atoms with E-state index in [9.17, 15) is 9.90 Å². The predicted molar refractivity (Wildman–Crippen MR) is 65.0 cm³/mol.